The molecule has 7 heteroatoms. The highest BCUT2D eigenvalue weighted by atomic mass is 35.5. The summed E-state index contributed by atoms with van der Waals surface area (Å²) in [4.78, 5) is 13.0. The standard InChI is InChI=1S/C14H12Cl2F3NO/c15-8-13(21)20-5-3-9(4-6-20)10-1-2-12(16)11(7-10)14(17,18)19/h1-3,7H,4-6,8H2. The Hall–Kier alpha value is -1.20. The summed E-state index contributed by atoms with van der Waals surface area (Å²) < 4.78 is 38.5. The molecule has 0 spiro atoms. The quantitative estimate of drug-likeness (QED) is 0.740. The molecule has 0 N–H and O–H groups in total. The Labute approximate surface area is 130 Å². The highest BCUT2D eigenvalue weighted by Gasteiger charge is 2.33. The van der Waals surface area contributed by atoms with Crippen molar-refractivity contribution in [2.75, 3.05) is 19.0 Å². The second kappa shape index (κ2) is 6.28. The minimum atomic E-state index is -4.48. The Morgan fingerprint density at radius 3 is 2.57 bits per heavy atom. The molecule has 0 aromatic heterocycles. The predicted molar refractivity (Wildman–Crippen MR) is 76.3 cm³/mol. The van der Waals surface area contributed by atoms with Gasteiger partial charge in [-0.1, -0.05) is 23.7 Å². The summed E-state index contributed by atoms with van der Waals surface area (Å²) in [5, 5.41) is -0.318. The molecule has 114 valence electrons. The van der Waals surface area contributed by atoms with Crippen LogP contribution >= 0.6 is 23.2 Å². The first kappa shape index (κ1) is 16.2. The molecule has 1 aromatic carbocycles. The summed E-state index contributed by atoms with van der Waals surface area (Å²) >= 11 is 11.1. The van der Waals surface area contributed by atoms with E-state index in [1.165, 1.54) is 6.07 Å². The Balaban J connectivity index is 2.24. The zero-order valence-electron chi connectivity index (χ0n) is 10.9. The SMILES string of the molecule is O=C(CCl)N1CC=C(c2ccc(Cl)c(C(F)(F)F)c2)CC1. The predicted octanol–water partition coefficient (Wildman–Crippen LogP) is 4.21. The van der Waals surface area contributed by atoms with Crippen LogP contribution in [-0.4, -0.2) is 29.8 Å². The number of nitrogens with zero attached hydrogens (tertiary/aromatic N) is 1. The average Bonchev–Trinajstić information content (AvgIpc) is 2.46. The van der Waals surface area contributed by atoms with E-state index in [1.807, 2.05) is 0 Å². The van der Waals surface area contributed by atoms with Crippen LogP contribution in [0.15, 0.2) is 24.3 Å². The maximum Gasteiger partial charge on any atom is 0.417 e. The van der Waals surface area contributed by atoms with Crippen LogP contribution in [-0.2, 0) is 11.0 Å². The number of alkyl halides is 4. The minimum absolute atomic E-state index is 0.0949. The Bertz CT molecular complexity index is 584. The first-order valence-corrected chi connectivity index (χ1v) is 7.14. The molecule has 0 atom stereocenters. The number of hydrogen-bond donors (Lipinski definition) is 0. The summed E-state index contributed by atoms with van der Waals surface area (Å²) in [7, 11) is 0. The molecular weight excluding hydrogens is 326 g/mol. The number of benzene rings is 1. The Kier molecular flexibility index (Phi) is 4.84. The average molecular weight is 338 g/mol. The van der Waals surface area contributed by atoms with Crippen LogP contribution in [0.1, 0.15) is 17.5 Å². The number of halogens is 5. The Morgan fingerprint density at radius 2 is 2.05 bits per heavy atom. The van der Waals surface area contributed by atoms with Gasteiger partial charge < -0.3 is 4.90 Å². The third-order valence-corrected chi connectivity index (χ3v) is 3.88. The second-order valence-electron chi connectivity index (χ2n) is 4.65. The fourth-order valence-corrected chi connectivity index (χ4v) is 2.58. The molecule has 1 amide bonds. The lowest BCUT2D eigenvalue weighted by atomic mass is 9.97. The number of carbonyl (C=O) groups is 1. The summed E-state index contributed by atoms with van der Waals surface area (Å²) in [5.41, 5.74) is 0.405. The Morgan fingerprint density at radius 1 is 1.33 bits per heavy atom. The largest absolute Gasteiger partial charge is 0.417 e. The smallest absolute Gasteiger partial charge is 0.338 e. The molecular formula is C14H12Cl2F3NO. The van der Waals surface area contributed by atoms with Gasteiger partial charge in [-0.15, -0.1) is 11.6 Å². The third kappa shape index (κ3) is 3.71. The van der Waals surface area contributed by atoms with Crippen molar-refractivity contribution in [3.8, 4) is 0 Å². The maximum absolute atomic E-state index is 12.8. The van der Waals surface area contributed by atoms with Gasteiger partial charge in [-0.2, -0.15) is 13.2 Å². The molecule has 0 radical (unpaired) electrons. The molecule has 0 unspecified atom stereocenters. The zero-order chi connectivity index (χ0) is 15.6. The van der Waals surface area contributed by atoms with Crippen molar-refractivity contribution in [3.05, 3.63) is 40.4 Å². The molecule has 1 aliphatic heterocycles. The first-order chi connectivity index (χ1) is 9.82. The van der Waals surface area contributed by atoms with Crippen LogP contribution in [0.25, 0.3) is 5.57 Å². The van der Waals surface area contributed by atoms with E-state index in [-0.39, 0.29) is 16.8 Å². The lowest BCUT2D eigenvalue weighted by molar-refractivity contribution is -0.137. The minimum Gasteiger partial charge on any atom is -0.338 e. The molecule has 2 nitrogen and oxygen atoms in total. The zero-order valence-corrected chi connectivity index (χ0v) is 12.4. The highest BCUT2D eigenvalue weighted by molar-refractivity contribution is 6.31. The normalized spacial score (nSPS) is 15.9. The van der Waals surface area contributed by atoms with Gasteiger partial charge in [-0.25, -0.2) is 0 Å². The van der Waals surface area contributed by atoms with E-state index >= 15 is 0 Å². The molecule has 1 aliphatic rings. The molecule has 1 aromatic rings. The highest BCUT2D eigenvalue weighted by Crippen LogP contribution is 2.37. The lowest BCUT2D eigenvalue weighted by Crippen LogP contribution is -2.35. The van der Waals surface area contributed by atoms with Crippen molar-refractivity contribution in [2.45, 2.75) is 12.6 Å². The maximum atomic E-state index is 12.8. The molecule has 0 bridgehead atoms. The van der Waals surface area contributed by atoms with E-state index in [0.29, 0.717) is 25.1 Å². The van der Waals surface area contributed by atoms with Crippen molar-refractivity contribution in [2.24, 2.45) is 0 Å². The molecule has 2 rings (SSSR count). The second-order valence-corrected chi connectivity index (χ2v) is 5.32. The third-order valence-electron chi connectivity index (χ3n) is 3.32. The van der Waals surface area contributed by atoms with Crippen LogP contribution < -0.4 is 0 Å². The van der Waals surface area contributed by atoms with Crippen LogP contribution in [0.3, 0.4) is 0 Å². The first-order valence-electron chi connectivity index (χ1n) is 6.23. The molecule has 21 heavy (non-hydrogen) atoms. The van der Waals surface area contributed by atoms with Gasteiger partial charge in [0.15, 0.2) is 0 Å². The van der Waals surface area contributed by atoms with Gasteiger partial charge in [-0.3, -0.25) is 4.79 Å². The molecule has 0 fully saturated rings. The van der Waals surface area contributed by atoms with E-state index in [4.69, 9.17) is 23.2 Å². The van der Waals surface area contributed by atoms with E-state index in [1.54, 1.807) is 17.0 Å². The van der Waals surface area contributed by atoms with Gasteiger partial charge in [0, 0.05) is 13.1 Å². The topological polar surface area (TPSA) is 20.3 Å². The van der Waals surface area contributed by atoms with Crippen molar-refractivity contribution in [1.29, 1.82) is 0 Å². The van der Waals surface area contributed by atoms with Gasteiger partial charge >= 0.3 is 6.18 Å². The van der Waals surface area contributed by atoms with Gasteiger partial charge in [0.1, 0.15) is 5.88 Å². The van der Waals surface area contributed by atoms with Gasteiger partial charge in [0.05, 0.1) is 10.6 Å². The monoisotopic (exact) mass is 337 g/mol. The molecule has 1 heterocycles. The summed E-state index contributed by atoms with van der Waals surface area (Å²) in [6, 6.07) is 3.85. The number of hydrogen-bond acceptors (Lipinski definition) is 1. The summed E-state index contributed by atoms with van der Waals surface area (Å²) in [6.45, 7) is 0.798. The fourth-order valence-electron chi connectivity index (χ4n) is 2.18. The molecule has 0 aliphatic carbocycles. The number of amides is 1. The van der Waals surface area contributed by atoms with Gasteiger partial charge in [0.2, 0.25) is 5.91 Å². The van der Waals surface area contributed by atoms with Gasteiger partial charge in [-0.05, 0) is 29.7 Å². The van der Waals surface area contributed by atoms with Crippen molar-refractivity contribution < 1.29 is 18.0 Å². The van der Waals surface area contributed by atoms with Gasteiger partial charge in [0.25, 0.3) is 0 Å². The summed E-state index contributed by atoms with van der Waals surface area (Å²) in [5.74, 6) is -0.276. The van der Waals surface area contributed by atoms with E-state index < -0.39 is 11.7 Å². The van der Waals surface area contributed by atoms with Crippen molar-refractivity contribution in [3.63, 3.8) is 0 Å². The van der Waals surface area contributed by atoms with Crippen LogP contribution in [0.4, 0.5) is 13.2 Å². The van der Waals surface area contributed by atoms with Crippen LogP contribution in [0.2, 0.25) is 5.02 Å². The van der Waals surface area contributed by atoms with Crippen molar-refractivity contribution >= 4 is 34.7 Å². The summed E-state index contributed by atoms with van der Waals surface area (Å²) in [6.07, 6.45) is -2.25. The van der Waals surface area contributed by atoms with Crippen LogP contribution in [0, 0.1) is 0 Å². The molecule has 0 saturated carbocycles. The van der Waals surface area contributed by atoms with E-state index in [2.05, 4.69) is 0 Å². The number of rotatable bonds is 2. The number of carbonyl (C=O) groups excluding carboxylic acids is 1. The lowest BCUT2D eigenvalue weighted by Gasteiger charge is -2.26. The van der Waals surface area contributed by atoms with E-state index in [0.717, 1.165) is 11.6 Å². The van der Waals surface area contributed by atoms with Crippen molar-refractivity contribution in [1.82, 2.24) is 4.90 Å². The van der Waals surface area contributed by atoms with E-state index in [9.17, 15) is 18.0 Å². The fraction of sp³-hybridized carbons (Fsp3) is 0.357. The van der Waals surface area contributed by atoms with Crippen LogP contribution in [0.5, 0.6) is 0 Å². The molecule has 0 saturated heterocycles.